The van der Waals surface area contributed by atoms with E-state index in [1.165, 1.54) is 12.8 Å². The maximum Gasteiger partial charge on any atom is 0.275 e. The van der Waals surface area contributed by atoms with Crippen molar-refractivity contribution in [1.82, 2.24) is 14.3 Å². The normalized spacial score (nSPS) is 14.7. The van der Waals surface area contributed by atoms with Gasteiger partial charge >= 0.3 is 0 Å². The molecule has 2 aromatic carbocycles. The summed E-state index contributed by atoms with van der Waals surface area (Å²) in [7, 11) is 0. The Morgan fingerprint density at radius 3 is 2.35 bits per heavy atom. The van der Waals surface area contributed by atoms with Gasteiger partial charge < -0.3 is 9.72 Å². The molecule has 1 aliphatic carbocycles. The smallest absolute Gasteiger partial charge is 0.275 e. The zero-order chi connectivity index (χ0) is 23.5. The van der Waals surface area contributed by atoms with Gasteiger partial charge in [-0.1, -0.05) is 80.3 Å². The van der Waals surface area contributed by atoms with E-state index in [0.29, 0.717) is 17.8 Å². The number of aryl methyl sites for hydroxylation is 1. The third-order valence-electron chi connectivity index (χ3n) is 7.01. The largest absolute Gasteiger partial charge is 0.348 e. The molecule has 1 amide bonds. The van der Waals surface area contributed by atoms with Crippen LogP contribution in [0.25, 0.3) is 16.8 Å². The van der Waals surface area contributed by atoms with Crippen molar-refractivity contribution in [1.29, 1.82) is 0 Å². The number of nitrogens with one attached hydrogen (secondary N) is 1. The highest BCUT2D eigenvalue weighted by atomic mass is 16.2. The van der Waals surface area contributed by atoms with Gasteiger partial charge in [-0.05, 0) is 48.6 Å². The van der Waals surface area contributed by atoms with Gasteiger partial charge in [-0.25, -0.2) is 0 Å². The predicted molar refractivity (Wildman–Crippen MR) is 136 cm³/mol. The van der Waals surface area contributed by atoms with E-state index in [4.69, 9.17) is 0 Å². The van der Waals surface area contributed by atoms with Crippen LogP contribution in [0, 0.1) is 6.92 Å². The summed E-state index contributed by atoms with van der Waals surface area (Å²) in [6.07, 6.45) is 8.54. The SMILES string of the molecule is Cc1ccccc1Cn1c(C(=O)NC2CCCCCC2)cn2c(-c3ccccc3)ccc2c1=O. The fraction of sp³-hybridized carbons (Fsp3) is 0.310. The average Bonchev–Trinajstić information content (AvgIpc) is 3.12. The molecule has 0 unspecified atom stereocenters. The van der Waals surface area contributed by atoms with Crippen LogP contribution in [0.3, 0.4) is 0 Å². The molecule has 5 heteroatoms. The first-order chi connectivity index (χ1) is 16.6. The molecule has 5 rings (SSSR count). The maximum absolute atomic E-state index is 13.7. The van der Waals surface area contributed by atoms with Gasteiger partial charge in [0.05, 0.1) is 12.2 Å². The number of carbonyl (C=O) groups excluding carboxylic acids is 1. The Hall–Kier alpha value is -3.60. The van der Waals surface area contributed by atoms with Gasteiger partial charge in [0.1, 0.15) is 11.2 Å². The van der Waals surface area contributed by atoms with E-state index < -0.39 is 0 Å². The van der Waals surface area contributed by atoms with Crippen LogP contribution in [-0.2, 0) is 6.54 Å². The Bertz CT molecular complexity index is 1360. The number of hydrogen-bond acceptors (Lipinski definition) is 2. The fourth-order valence-electron chi connectivity index (χ4n) is 5.02. The van der Waals surface area contributed by atoms with Crippen molar-refractivity contribution in [3.05, 3.63) is 100 Å². The van der Waals surface area contributed by atoms with Crippen LogP contribution in [0.15, 0.2) is 77.7 Å². The van der Waals surface area contributed by atoms with Crippen LogP contribution in [0.5, 0.6) is 0 Å². The number of aromatic nitrogens is 2. The number of fused-ring (bicyclic) bond motifs is 1. The van der Waals surface area contributed by atoms with Crippen molar-refractivity contribution in [3.63, 3.8) is 0 Å². The molecular weight excluding hydrogens is 422 g/mol. The second-order valence-electron chi connectivity index (χ2n) is 9.33. The summed E-state index contributed by atoms with van der Waals surface area (Å²) in [6.45, 7) is 2.40. The number of rotatable bonds is 5. The van der Waals surface area contributed by atoms with E-state index in [9.17, 15) is 9.59 Å². The first-order valence-corrected chi connectivity index (χ1v) is 12.3. The molecule has 174 valence electrons. The van der Waals surface area contributed by atoms with Crippen LogP contribution in [0.1, 0.15) is 60.1 Å². The van der Waals surface area contributed by atoms with Crippen molar-refractivity contribution in [2.24, 2.45) is 0 Å². The van der Waals surface area contributed by atoms with E-state index in [0.717, 1.165) is 48.1 Å². The number of carbonyl (C=O) groups is 1. The van der Waals surface area contributed by atoms with E-state index >= 15 is 0 Å². The third kappa shape index (κ3) is 4.43. The molecule has 1 saturated carbocycles. The minimum atomic E-state index is -0.174. The topological polar surface area (TPSA) is 55.5 Å². The lowest BCUT2D eigenvalue weighted by Crippen LogP contribution is -2.39. The number of benzene rings is 2. The van der Waals surface area contributed by atoms with Crippen molar-refractivity contribution < 1.29 is 4.79 Å². The lowest BCUT2D eigenvalue weighted by Gasteiger charge is -2.20. The highest BCUT2D eigenvalue weighted by Gasteiger charge is 2.22. The molecule has 1 N–H and O–H groups in total. The molecule has 0 bridgehead atoms. The van der Waals surface area contributed by atoms with Crippen LogP contribution < -0.4 is 10.9 Å². The highest BCUT2D eigenvalue weighted by Crippen LogP contribution is 2.23. The van der Waals surface area contributed by atoms with Gasteiger partial charge in [-0.3, -0.25) is 14.2 Å². The van der Waals surface area contributed by atoms with Crippen molar-refractivity contribution in [2.75, 3.05) is 0 Å². The van der Waals surface area contributed by atoms with Crippen molar-refractivity contribution in [2.45, 2.75) is 58.0 Å². The monoisotopic (exact) mass is 453 g/mol. The molecule has 2 aromatic heterocycles. The third-order valence-corrected chi connectivity index (χ3v) is 7.01. The number of amides is 1. The maximum atomic E-state index is 13.7. The molecule has 0 spiro atoms. The van der Waals surface area contributed by atoms with E-state index in [-0.39, 0.29) is 17.5 Å². The van der Waals surface area contributed by atoms with Gasteiger partial charge in [0.25, 0.3) is 11.5 Å². The summed E-state index contributed by atoms with van der Waals surface area (Å²) < 4.78 is 3.51. The van der Waals surface area contributed by atoms with Gasteiger partial charge in [-0.2, -0.15) is 0 Å². The summed E-state index contributed by atoms with van der Waals surface area (Å²) in [5.74, 6) is -0.174. The van der Waals surface area contributed by atoms with Crippen LogP contribution in [-0.4, -0.2) is 20.9 Å². The summed E-state index contributed by atoms with van der Waals surface area (Å²) in [5, 5.41) is 3.25. The van der Waals surface area contributed by atoms with Crippen LogP contribution in [0.4, 0.5) is 0 Å². The second-order valence-corrected chi connectivity index (χ2v) is 9.33. The minimum absolute atomic E-state index is 0.154. The van der Waals surface area contributed by atoms with Gasteiger partial charge in [0.15, 0.2) is 0 Å². The zero-order valence-corrected chi connectivity index (χ0v) is 19.7. The van der Waals surface area contributed by atoms with Gasteiger partial charge in [0, 0.05) is 12.2 Å². The molecule has 0 radical (unpaired) electrons. The lowest BCUT2D eigenvalue weighted by atomic mass is 10.1. The highest BCUT2D eigenvalue weighted by molar-refractivity contribution is 5.93. The Morgan fingerprint density at radius 1 is 0.912 bits per heavy atom. The average molecular weight is 454 g/mol. The predicted octanol–water partition coefficient (Wildman–Crippen LogP) is 5.58. The van der Waals surface area contributed by atoms with E-state index in [1.54, 1.807) is 4.57 Å². The molecule has 2 heterocycles. The quantitative estimate of drug-likeness (QED) is 0.401. The first kappa shape index (κ1) is 22.2. The van der Waals surface area contributed by atoms with Crippen LogP contribution >= 0.6 is 0 Å². The molecule has 0 atom stereocenters. The van der Waals surface area contributed by atoms with Crippen molar-refractivity contribution >= 4 is 11.4 Å². The summed E-state index contributed by atoms with van der Waals surface area (Å²) in [6, 6.07) is 22.0. The Kier molecular flexibility index (Phi) is 6.35. The fourth-order valence-corrected chi connectivity index (χ4v) is 5.02. The van der Waals surface area contributed by atoms with Gasteiger partial charge in [-0.15, -0.1) is 0 Å². The zero-order valence-electron chi connectivity index (χ0n) is 19.7. The molecular formula is C29H31N3O2. The molecule has 0 aliphatic heterocycles. The Morgan fingerprint density at radius 2 is 1.62 bits per heavy atom. The van der Waals surface area contributed by atoms with E-state index in [2.05, 4.69) is 5.32 Å². The Labute approximate surface area is 200 Å². The standard InChI is InChI=1S/C29H31N3O2/c1-21-11-9-10-14-23(21)19-32-27(28(33)30-24-15-7-2-3-8-16-24)20-31-25(17-18-26(31)29(32)34)22-12-5-4-6-13-22/h4-6,9-14,17-18,20,24H,2-3,7-8,15-16,19H2,1H3,(H,30,33). The second kappa shape index (κ2) is 9.72. The minimum Gasteiger partial charge on any atom is -0.348 e. The molecule has 1 fully saturated rings. The van der Waals surface area contributed by atoms with Gasteiger partial charge in [0.2, 0.25) is 0 Å². The first-order valence-electron chi connectivity index (χ1n) is 12.3. The molecule has 34 heavy (non-hydrogen) atoms. The number of nitrogens with zero attached hydrogens (tertiary/aromatic N) is 2. The number of hydrogen-bond donors (Lipinski definition) is 1. The molecule has 4 aromatic rings. The molecule has 1 aliphatic rings. The van der Waals surface area contributed by atoms with E-state index in [1.807, 2.05) is 84.3 Å². The lowest BCUT2D eigenvalue weighted by molar-refractivity contribution is 0.0922. The summed E-state index contributed by atoms with van der Waals surface area (Å²) >= 11 is 0. The summed E-state index contributed by atoms with van der Waals surface area (Å²) in [4.78, 5) is 27.3. The molecule has 0 saturated heterocycles. The van der Waals surface area contributed by atoms with Crippen LogP contribution in [0.2, 0.25) is 0 Å². The summed E-state index contributed by atoms with van der Waals surface area (Å²) in [5.41, 5.74) is 4.86. The molecule has 5 nitrogen and oxygen atoms in total. The van der Waals surface area contributed by atoms with Crippen molar-refractivity contribution in [3.8, 4) is 11.3 Å². The Balaban J connectivity index is 1.62.